The van der Waals surface area contributed by atoms with Crippen LogP contribution >= 0.6 is 0 Å². The summed E-state index contributed by atoms with van der Waals surface area (Å²) < 4.78 is 12.0. The average molecular weight is 99.1 g/mol. The van der Waals surface area contributed by atoms with Crippen molar-refractivity contribution in [3.8, 4) is 0 Å². The van der Waals surface area contributed by atoms with Gasteiger partial charge in [-0.25, -0.2) is 4.39 Å². The van der Waals surface area contributed by atoms with Crippen molar-refractivity contribution in [2.24, 2.45) is 4.99 Å². The summed E-state index contributed by atoms with van der Waals surface area (Å²) in [6, 6.07) is 0. The third-order valence-electron chi connectivity index (χ3n) is 0.791. The van der Waals surface area contributed by atoms with Gasteiger partial charge in [-0.1, -0.05) is 0 Å². The Hall–Kier alpha value is -0.660. The lowest BCUT2D eigenvalue weighted by atomic mass is 10.3. The summed E-state index contributed by atoms with van der Waals surface area (Å²) in [7, 11) is 0. The van der Waals surface area contributed by atoms with E-state index >= 15 is 0 Å². The molecule has 0 fully saturated rings. The Labute approximate surface area is 41.6 Å². The van der Waals surface area contributed by atoms with Crippen molar-refractivity contribution in [1.82, 2.24) is 0 Å². The number of allylic oxidation sites excluding steroid dienone is 1. The minimum Gasteiger partial charge on any atom is -0.290 e. The number of hydrogen-bond acceptors (Lipinski definition) is 1. The maximum atomic E-state index is 12.0. The van der Waals surface area contributed by atoms with E-state index in [1.54, 1.807) is 12.3 Å². The number of alkyl halides is 1. The Morgan fingerprint density at radius 1 is 1.71 bits per heavy atom. The van der Waals surface area contributed by atoms with Crippen molar-refractivity contribution < 1.29 is 4.39 Å². The molecule has 0 aliphatic carbocycles. The first-order chi connectivity index (χ1) is 3.39. The van der Waals surface area contributed by atoms with Crippen molar-refractivity contribution in [2.45, 2.75) is 6.17 Å². The number of aliphatic imine (C=N–C) groups is 1. The summed E-state index contributed by atoms with van der Waals surface area (Å²) in [5, 5.41) is 0. The molecular formula is C5H6FN. The molecule has 38 valence electrons. The van der Waals surface area contributed by atoms with Crippen molar-refractivity contribution in [2.75, 3.05) is 6.54 Å². The summed E-state index contributed by atoms with van der Waals surface area (Å²) in [6.07, 6.45) is 3.88. The highest BCUT2D eigenvalue weighted by atomic mass is 19.1. The average Bonchev–Trinajstić information content (AvgIpc) is 1.69. The fraction of sp³-hybridized carbons (Fsp3) is 0.400. The lowest BCUT2D eigenvalue weighted by Gasteiger charge is -1.98. The van der Waals surface area contributed by atoms with E-state index in [9.17, 15) is 4.39 Å². The van der Waals surface area contributed by atoms with Gasteiger partial charge in [-0.3, -0.25) is 4.99 Å². The van der Waals surface area contributed by atoms with Crippen LogP contribution in [0.3, 0.4) is 0 Å². The van der Waals surface area contributed by atoms with Crippen LogP contribution in [0.5, 0.6) is 0 Å². The molecule has 0 aromatic heterocycles. The molecule has 1 unspecified atom stereocenters. The number of halogens is 1. The highest BCUT2D eigenvalue weighted by Gasteiger charge is 1.98. The number of nitrogens with zero attached hydrogens (tertiary/aromatic N) is 1. The number of rotatable bonds is 0. The second kappa shape index (κ2) is 1.87. The highest BCUT2D eigenvalue weighted by molar-refractivity contribution is 5.72. The molecule has 1 heterocycles. The van der Waals surface area contributed by atoms with Crippen molar-refractivity contribution in [3.63, 3.8) is 0 Å². The molecule has 1 aliphatic rings. The normalized spacial score (nSPS) is 28.4. The van der Waals surface area contributed by atoms with Gasteiger partial charge >= 0.3 is 0 Å². The summed E-state index contributed by atoms with van der Waals surface area (Å²) in [5.74, 6) is 0. The molecule has 1 aliphatic heterocycles. The van der Waals surface area contributed by atoms with Gasteiger partial charge < -0.3 is 0 Å². The second-order valence-corrected chi connectivity index (χ2v) is 1.42. The SMILES string of the molecule is FC1C=CC=NC1. The van der Waals surface area contributed by atoms with Crippen LogP contribution in [0, 0.1) is 0 Å². The first kappa shape index (κ1) is 4.50. The molecule has 0 aromatic carbocycles. The van der Waals surface area contributed by atoms with Crippen LogP contribution < -0.4 is 0 Å². The van der Waals surface area contributed by atoms with E-state index in [0.29, 0.717) is 6.54 Å². The Morgan fingerprint density at radius 3 is 2.86 bits per heavy atom. The Morgan fingerprint density at radius 2 is 2.57 bits per heavy atom. The summed E-state index contributed by atoms with van der Waals surface area (Å²) >= 11 is 0. The molecule has 0 bridgehead atoms. The van der Waals surface area contributed by atoms with Crippen LogP contribution in [0.1, 0.15) is 0 Å². The molecule has 2 heteroatoms. The largest absolute Gasteiger partial charge is 0.290 e. The van der Waals surface area contributed by atoms with Gasteiger partial charge in [0.1, 0.15) is 6.17 Å². The zero-order valence-corrected chi connectivity index (χ0v) is 3.84. The van der Waals surface area contributed by atoms with Crippen LogP contribution in [-0.2, 0) is 0 Å². The molecule has 0 aromatic rings. The molecular weight excluding hydrogens is 93.1 g/mol. The Balaban J connectivity index is 2.49. The van der Waals surface area contributed by atoms with Gasteiger partial charge in [0, 0.05) is 6.21 Å². The third-order valence-corrected chi connectivity index (χ3v) is 0.791. The Bertz CT molecular complexity index is 107. The minimum absolute atomic E-state index is 0.302. The van der Waals surface area contributed by atoms with Gasteiger partial charge in [0.2, 0.25) is 0 Å². The highest BCUT2D eigenvalue weighted by Crippen LogP contribution is 1.96. The zero-order chi connectivity index (χ0) is 5.11. The number of hydrogen-bond donors (Lipinski definition) is 0. The van der Waals surface area contributed by atoms with E-state index in [0.717, 1.165) is 0 Å². The predicted octanol–water partition coefficient (Wildman–Crippen LogP) is 0.965. The first-order valence-corrected chi connectivity index (χ1v) is 2.20. The van der Waals surface area contributed by atoms with Crippen LogP contribution in [0.2, 0.25) is 0 Å². The first-order valence-electron chi connectivity index (χ1n) is 2.20. The lowest BCUT2D eigenvalue weighted by Crippen LogP contribution is -2.03. The van der Waals surface area contributed by atoms with Crippen LogP contribution in [0.15, 0.2) is 17.1 Å². The van der Waals surface area contributed by atoms with Crippen molar-refractivity contribution in [1.29, 1.82) is 0 Å². The molecule has 7 heavy (non-hydrogen) atoms. The maximum absolute atomic E-state index is 12.0. The third kappa shape index (κ3) is 1.11. The van der Waals surface area contributed by atoms with Gasteiger partial charge in [-0.15, -0.1) is 0 Å². The summed E-state index contributed by atoms with van der Waals surface area (Å²) in [6.45, 7) is 0.302. The quantitative estimate of drug-likeness (QED) is 0.429. The van der Waals surface area contributed by atoms with Gasteiger partial charge in [-0.05, 0) is 12.2 Å². The van der Waals surface area contributed by atoms with E-state index in [1.807, 2.05) is 0 Å². The molecule has 1 nitrogen and oxygen atoms in total. The Kier molecular flexibility index (Phi) is 1.20. The van der Waals surface area contributed by atoms with Gasteiger partial charge in [0.05, 0.1) is 6.54 Å². The molecule has 0 saturated heterocycles. The fourth-order valence-corrected chi connectivity index (χ4v) is 0.454. The van der Waals surface area contributed by atoms with Gasteiger partial charge in [0.25, 0.3) is 0 Å². The monoisotopic (exact) mass is 99.0 g/mol. The maximum Gasteiger partial charge on any atom is 0.138 e. The van der Waals surface area contributed by atoms with E-state index in [4.69, 9.17) is 0 Å². The predicted molar refractivity (Wildman–Crippen MR) is 27.4 cm³/mol. The molecule has 1 atom stereocenters. The van der Waals surface area contributed by atoms with Crippen molar-refractivity contribution >= 4 is 6.21 Å². The fourth-order valence-electron chi connectivity index (χ4n) is 0.454. The molecule has 0 radical (unpaired) electrons. The molecule has 0 amide bonds. The van der Waals surface area contributed by atoms with Crippen LogP contribution in [0.25, 0.3) is 0 Å². The summed E-state index contributed by atoms with van der Waals surface area (Å²) in [5.41, 5.74) is 0. The molecule has 1 rings (SSSR count). The van der Waals surface area contributed by atoms with E-state index < -0.39 is 6.17 Å². The molecule has 0 N–H and O–H groups in total. The summed E-state index contributed by atoms with van der Waals surface area (Å²) in [4.78, 5) is 3.67. The van der Waals surface area contributed by atoms with Crippen molar-refractivity contribution in [3.05, 3.63) is 12.2 Å². The van der Waals surface area contributed by atoms with Gasteiger partial charge in [0.15, 0.2) is 0 Å². The van der Waals surface area contributed by atoms with Crippen LogP contribution in [-0.4, -0.2) is 18.9 Å². The van der Waals surface area contributed by atoms with Crippen LogP contribution in [0.4, 0.5) is 4.39 Å². The second-order valence-electron chi connectivity index (χ2n) is 1.42. The minimum atomic E-state index is -0.843. The lowest BCUT2D eigenvalue weighted by molar-refractivity contribution is 0.408. The van der Waals surface area contributed by atoms with E-state index in [1.165, 1.54) is 6.08 Å². The molecule has 0 saturated carbocycles. The van der Waals surface area contributed by atoms with E-state index in [2.05, 4.69) is 4.99 Å². The van der Waals surface area contributed by atoms with E-state index in [-0.39, 0.29) is 0 Å². The smallest absolute Gasteiger partial charge is 0.138 e. The molecule has 0 spiro atoms. The number of dihydropyridines is 1. The van der Waals surface area contributed by atoms with Gasteiger partial charge in [-0.2, -0.15) is 0 Å². The zero-order valence-electron chi connectivity index (χ0n) is 3.84. The standard InChI is InChI=1S/C5H6FN/c6-5-2-1-3-7-4-5/h1-3,5H,4H2. The topological polar surface area (TPSA) is 12.4 Å².